The molecule has 5 nitrogen and oxygen atoms in total. The lowest BCUT2D eigenvalue weighted by Crippen LogP contribution is -2.13. The van der Waals surface area contributed by atoms with E-state index in [1.54, 1.807) is 30.3 Å². The van der Waals surface area contributed by atoms with Gasteiger partial charge < -0.3 is 9.47 Å². The summed E-state index contributed by atoms with van der Waals surface area (Å²) in [5.74, 6) is 1.26. The largest absolute Gasteiger partial charge is 0.496 e. The molecule has 0 amide bonds. The minimum Gasteiger partial charge on any atom is -0.496 e. The molecule has 1 N–H and O–H groups in total. The number of hydrogen-bond donors (Lipinski definition) is 1. The van der Waals surface area contributed by atoms with Crippen LogP contribution in [0, 0.1) is 0 Å². The number of benzene rings is 2. The molecular formula is C16H18BrNO4S. The third-order valence-electron chi connectivity index (χ3n) is 2.91. The third kappa shape index (κ3) is 4.62. The molecule has 0 bridgehead atoms. The van der Waals surface area contributed by atoms with Crippen molar-refractivity contribution in [3.8, 4) is 11.5 Å². The molecule has 2 aromatic carbocycles. The number of nitrogens with one attached hydrogen (secondary N) is 1. The summed E-state index contributed by atoms with van der Waals surface area (Å²) in [6.07, 6.45) is 0.0641. The van der Waals surface area contributed by atoms with Crippen LogP contribution in [0.2, 0.25) is 0 Å². The first kappa shape index (κ1) is 17.6. The summed E-state index contributed by atoms with van der Waals surface area (Å²) in [6, 6.07) is 11.4. The van der Waals surface area contributed by atoms with Crippen LogP contribution >= 0.6 is 15.9 Å². The van der Waals surface area contributed by atoms with Gasteiger partial charge in [0.05, 0.1) is 22.6 Å². The Labute approximate surface area is 144 Å². The van der Waals surface area contributed by atoms with E-state index in [1.165, 1.54) is 19.2 Å². The van der Waals surface area contributed by atoms with Crippen molar-refractivity contribution in [1.82, 2.24) is 0 Å². The van der Waals surface area contributed by atoms with E-state index in [-0.39, 0.29) is 11.0 Å². The van der Waals surface area contributed by atoms with Crippen molar-refractivity contribution in [3.05, 3.63) is 46.9 Å². The third-order valence-corrected chi connectivity index (χ3v) is 4.91. The van der Waals surface area contributed by atoms with Gasteiger partial charge in [-0.25, -0.2) is 8.42 Å². The summed E-state index contributed by atoms with van der Waals surface area (Å²) < 4.78 is 38.6. The topological polar surface area (TPSA) is 64.6 Å². The Hall–Kier alpha value is -1.73. The average molecular weight is 400 g/mol. The molecule has 7 heteroatoms. The fraction of sp³-hybridized carbons (Fsp3) is 0.250. The van der Waals surface area contributed by atoms with Gasteiger partial charge in [0.15, 0.2) is 0 Å². The van der Waals surface area contributed by atoms with Crippen LogP contribution < -0.4 is 14.2 Å². The zero-order valence-corrected chi connectivity index (χ0v) is 15.4. The van der Waals surface area contributed by atoms with E-state index in [9.17, 15) is 8.42 Å². The van der Waals surface area contributed by atoms with Gasteiger partial charge in [-0.05, 0) is 72.2 Å². The highest BCUT2D eigenvalue weighted by Crippen LogP contribution is 2.28. The first-order chi connectivity index (χ1) is 10.8. The minimum atomic E-state index is -3.67. The summed E-state index contributed by atoms with van der Waals surface area (Å²) in [5, 5.41) is 0. The molecule has 0 aromatic heterocycles. The SMILES string of the molecule is COc1ccc(S(=O)(=O)Nc2ccc(OC(C)C)cc2)cc1Br. The van der Waals surface area contributed by atoms with Gasteiger partial charge in [0, 0.05) is 5.69 Å². The fourth-order valence-corrected chi connectivity index (χ4v) is 3.68. The maximum Gasteiger partial charge on any atom is 0.261 e. The van der Waals surface area contributed by atoms with Crippen molar-refractivity contribution in [2.45, 2.75) is 24.8 Å². The number of ether oxygens (including phenoxy) is 2. The van der Waals surface area contributed by atoms with E-state index in [1.807, 2.05) is 13.8 Å². The summed E-state index contributed by atoms with van der Waals surface area (Å²) in [7, 11) is -2.15. The second-order valence-corrected chi connectivity index (χ2v) is 7.63. The number of methoxy groups -OCH3 is 1. The van der Waals surface area contributed by atoms with Gasteiger partial charge in [0.1, 0.15) is 11.5 Å². The molecule has 0 heterocycles. The maximum absolute atomic E-state index is 12.4. The molecule has 124 valence electrons. The number of rotatable bonds is 6. The molecule has 0 unspecified atom stereocenters. The zero-order valence-electron chi connectivity index (χ0n) is 13.0. The number of sulfonamides is 1. The van der Waals surface area contributed by atoms with Gasteiger partial charge in [-0.3, -0.25) is 4.72 Å². The van der Waals surface area contributed by atoms with E-state index < -0.39 is 10.0 Å². The van der Waals surface area contributed by atoms with E-state index in [0.29, 0.717) is 21.7 Å². The Kier molecular flexibility index (Phi) is 5.54. The van der Waals surface area contributed by atoms with Crippen LogP contribution in [0.4, 0.5) is 5.69 Å². The van der Waals surface area contributed by atoms with E-state index in [2.05, 4.69) is 20.7 Å². The average Bonchev–Trinajstić information content (AvgIpc) is 2.48. The number of anilines is 1. The minimum absolute atomic E-state index is 0.0641. The smallest absolute Gasteiger partial charge is 0.261 e. The standard InChI is InChI=1S/C16H18BrNO4S/c1-11(2)22-13-6-4-12(5-7-13)18-23(19,20)14-8-9-16(21-3)15(17)10-14/h4-11,18H,1-3H3. The number of hydrogen-bond acceptors (Lipinski definition) is 4. The second-order valence-electron chi connectivity index (χ2n) is 5.09. The molecule has 0 aliphatic rings. The van der Waals surface area contributed by atoms with Crippen molar-refractivity contribution in [2.24, 2.45) is 0 Å². The van der Waals surface area contributed by atoms with Crippen LogP contribution in [0.25, 0.3) is 0 Å². The van der Waals surface area contributed by atoms with Crippen LogP contribution in [0.5, 0.6) is 11.5 Å². The van der Waals surface area contributed by atoms with Crippen molar-refractivity contribution in [2.75, 3.05) is 11.8 Å². The summed E-state index contributed by atoms with van der Waals surface area (Å²) in [4.78, 5) is 0.146. The van der Waals surface area contributed by atoms with Crippen LogP contribution in [-0.4, -0.2) is 21.6 Å². The second kappa shape index (κ2) is 7.23. The lowest BCUT2D eigenvalue weighted by atomic mass is 10.3. The van der Waals surface area contributed by atoms with Gasteiger partial charge in [-0.1, -0.05) is 0 Å². The highest BCUT2D eigenvalue weighted by atomic mass is 79.9. The molecule has 23 heavy (non-hydrogen) atoms. The quantitative estimate of drug-likeness (QED) is 0.795. The first-order valence-electron chi connectivity index (χ1n) is 6.95. The Balaban J connectivity index is 2.19. The molecule has 0 fully saturated rings. The molecule has 0 aliphatic carbocycles. The summed E-state index contributed by atoms with van der Waals surface area (Å²) in [5.41, 5.74) is 0.466. The van der Waals surface area contributed by atoms with E-state index >= 15 is 0 Å². The Morgan fingerprint density at radius 2 is 1.74 bits per heavy atom. The molecule has 2 aromatic rings. The Morgan fingerprint density at radius 3 is 2.26 bits per heavy atom. The van der Waals surface area contributed by atoms with Crippen LogP contribution in [0.3, 0.4) is 0 Å². The van der Waals surface area contributed by atoms with Gasteiger partial charge >= 0.3 is 0 Å². The molecule has 0 saturated carbocycles. The van der Waals surface area contributed by atoms with Gasteiger partial charge in [-0.2, -0.15) is 0 Å². The van der Waals surface area contributed by atoms with Gasteiger partial charge in [0.25, 0.3) is 10.0 Å². The monoisotopic (exact) mass is 399 g/mol. The first-order valence-corrected chi connectivity index (χ1v) is 9.22. The Bertz CT molecular complexity index is 773. The maximum atomic E-state index is 12.4. The van der Waals surface area contributed by atoms with Crippen LogP contribution in [0.1, 0.15) is 13.8 Å². The molecule has 0 spiro atoms. The predicted molar refractivity (Wildman–Crippen MR) is 93.7 cm³/mol. The predicted octanol–water partition coefficient (Wildman–Crippen LogP) is 4.05. The highest BCUT2D eigenvalue weighted by Gasteiger charge is 2.16. The lowest BCUT2D eigenvalue weighted by Gasteiger charge is -2.12. The van der Waals surface area contributed by atoms with E-state index in [4.69, 9.17) is 9.47 Å². The molecule has 2 rings (SSSR count). The molecule has 0 atom stereocenters. The number of halogens is 1. The van der Waals surface area contributed by atoms with Crippen molar-refractivity contribution in [1.29, 1.82) is 0 Å². The molecule has 0 radical (unpaired) electrons. The summed E-state index contributed by atoms with van der Waals surface area (Å²) in [6.45, 7) is 3.86. The fourth-order valence-electron chi connectivity index (χ4n) is 1.90. The van der Waals surface area contributed by atoms with Gasteiger partial charge in [0.2, 0.25) is 0 Å². The molecule has 0 saturated heterocycles. The lowest BCUT2D eigenvalue weighted by molar-refractivity contribution is 0.242. The molecular weight excluding hydrogens is 382 g/mol. The molecule has 0 aliphatic heterocycles. The Morgan fingerprint density at radius 1 is 1.09 bits per heavy atom. The van der Waals surface area contributed by atoms with E-state index in [0.717, 1.165) is 0 Å². The summed E-state index contributed by atoms with van der Waals surface area (Å²) >= 11 is 3.28. The highest BCUT2D eigenvalue weighted by molar-refractivity contribution is 9.10. The zero-order chi connectivity index (χ0) is 17.0. The van der Waals surface area contributed by atoms with Crippen molar-refractivity contribution < 1.29 is 17.9 Å². The normalized spacial score (nSPS) is 11.3. The van der Waals surface area contributed by atoms with Crippen molar-refractivity contribution >= 4 is 31.6 Å². The van der Waals surface area contributed by atoms with Crippen molar-refractivity contribution in [3.63, 3.8) is 0 Å². The van der Waals surface area contributed by atoms with Gasteiger partial charge in [-0.15, -0.1) is 0 Å². The van der Waals surface area contributed by atoms with Crippen LogP contribution in [0.15, 0.2) is 51.8 Å². The van der Waals surface area contributed by atoms with Crippen LogP contribution in [-0.2, 0) is 10.0 Å².